The highest BCUT2D eigenvalue weighted by atomic mass is 16.6. The summed E-state index contributed by atoms with van der Waals surface area (Å²) in [5.74, 6) is -0.746. The first kappa shape index (κ1) is 16.9. The topological polar surface area (TPSA) is 71.1 Å². The van der Waals surface area contributed by atoms with Crippen LogP contribution in [0.15, 0.2) is 0 Å². The molecular formula is C14H24O6. The largest absolute Gasteiger partial charge is 0.464 e. The second kappa shape index (κ2) is 9.72. The molecule has 6 nitrogen and oxygen atoms in total. The SMILES string of the molecule is CCOC(=O)COC1CCCCC1OCC(=O)OCC. The van der Waals surface area contributed by atoms with Crippen molar-refractivity contribution in [2.75, 3.05) is 26.4 Å². The summed E-state index contributed by atoms with van der Waals surface area (Å²) in [7, 11) is 0. The number of carbonyl (C=O) groups is 2. The van der Waals surface area contributed by atoms with Crippen molar-refractivity contribution < 1.29 is 28.5 Å². The molecule has 1 aliphatic carbocycles. The van der Waals surface area contributed by atoms with Gasteiger partial charge in [-0.25, -0.2) is 9.59 Å². The maximum absolute atomic E-state index is 11.3. The second-order valence-electron chi connectivity index (χ2n) is 4.59. The molecule has 1 rings (SSSR count). The molecule has 2 unspecified atom stereocenters. The third-order valence-corrected chi connectivity index (χ3v) is 3.08. The first-order chi connectivity index (χ1) is 9.67. The van der Waals surface area contributed by atoms with Crippen LogP contribution >= 0.6 is 0 Å². The molecule has 0 aromatic carbocycles. The van der Waals surface area contributed by atoms with Crippen molar-refractivity contribution in [3.05, 3.63) is 0 Å². The zero-order valence-corrected chi connectivity index (χ0v) is 12.3. The van der Waals surface area contributed by atoms with Crippen molar-refractivity contribution in [3.63, 3.8) is 0 Å². The Labute approximate surface area is 119 Å². The molecule has 1 aliphatic rings. The van der Waals surface area contributed by atoms with Crippen LogP contribution in [0.1, 0.15) is 39.5 Å². The minimum absolute atomic E-state index is 0.0717. The molecule has 0 spiro atoms. The molecule has 116 valence electrons. The molecule has 0 saturated heterocycles. The van der Waals surface area contributed by atoms with Gasteiger partial charge >= 0.3 is 11.9 Å². The predicted octanol–water partition coefficient (Wildman–Crippen LogP) is 1.46. The first-order valence-corrected chi connectivity index (χ1v) is 7.21. The molecule has 0 heterocycles. The summed E-state index contributed by atoms with van der Waals surface area (Å²) in [4.78, 5) is 22.6. The molecule has 0 bridgehead atoms. The van der Waals surface area contributed by atoms with E-state index in [0.717, 1.165) is 25.7 Å². The quantitative estimate of drug-likeness (QED) is 0.630. The van der Waals surface area contributed by atoms with Gasteiger partial charge in [0.1, 0.15) is 13.2 Å². The number of ether oxygens (including phenoxy) is 4. The number of hydrogen-bond acceptors (Lipinski definition) is 6. The Bertz CT molecular complexity index is 274. The minimum atomic E-state index is -0.373. The second-order valence-corrected chi connectivity index (χ2v) is 4.59. The van der Waals surface area contributed by atoms with E-state index in [1.54, 1.807) is 13.8 Å². The van der Waals surface area contributed by atoms with E-state index in [0.29, 0.717) is 13.2 Å². The van der Waals surface area contributed by atoms with Gasteiger partial charge in [-0.05, 0) is 26.7 Å². The van der Waals surface area contributed by atoms with Crippen molar-refractivity contribution in [1.82, 2.24) is 0 Å². The Morgan fingerprint density at radius 3 is 1.60 bits per heavy atom. The fraction of sp³-hybridized carbons (Fsp3) is 0.857. The van der Waals surface area contributed by atoms with Gasteiger partial charge in [0.25, 0.3) is 0 Å². The van der Waals surface area contributed by atoms with Crippen LogP contribution in [0.2, 0.25) is 0 Å². The van der Waals surface area contributed by atoms with Gasteiger partial charge in [-0.3, -0.25) is 0 Å². The number of rotatable bonds is 8. The summed E-state index contributed by atoms with van der Waals surface area (Å²) >= 11 is 0. The van der Waals surface area contributed by atoms with Gasteiger partial charge in [-0.15, -0.1) is 0 Å². The van der Waals surface area contributed by atoms with Crippen molar-refractivity contribution in [2.24, 2.45) is 0 Å². The number of carbonyl (C=O) groups excluding carboxylic acids is 2. The van der Waals surface area contributed by atoms with Crippen LogP contribution in [0.3, 0.4) is 0 Å². The van der Waals surface area contributed by atoms with E-state index in [9.17, 15) is 9.59 Å². The van der Waals surface area contributed by atoms with Crippen LogP contribution in [-0.2, 0) is 28.5 Å². The fourth-order valence-electron chi connectivity index (χ4n) is 2.20. The summed E-state index contributed by atoms with van der Waals surface area (Å²) < 4.78 is 20.7. The minimum Gasteiger partial charge on any atom is -0.464 e. The zero-order valence-electron chi connectivity index (χ0n) is 12.3. The first-order valence-electron chi connectivity index (χ1n) is 7.21. The predicted molar refractivity (Wildman–Crippen MR) is 71.2 cm³/mol. The molecule has 1 saturated carbocycles. The molecule has 0 radical (unpaired) electrons. The van der Waals surface area contributed by atoms with Gasteiger partial charge in [0.15, 0.2) is 0 Å². The van der Waals surface area contributed by atoms with Crippen LogP contribution in [0.25, 0.3) is 0 Å². The van der Waals surface area contributed by atoms with Crippen LogP contribution < -0.4 is 0 Å². The highest BCUT2D eigenvalue weighted by molar-refractivity contribution is 5.71. The lowest BCUT2D eigenvalue weighted by Gasteiger charge is -2.30. The van der Waals surface area contributed by atoms with Gasteiger partial charge in [-0.2, -0.15) is 0 Å². The van der Waals surface area contributed by atoms with Crippen molar-refractivity contribution in [3.8, 4) is 0 Å². The molecule has 20 heavy (non-hydrogen) atoms. The Morgan fingerprint density at radius 2 is 1.25 bits per heavy atom. The molecule has 2 atom stereocenters. The Kier molecular flexibility index (Phi) is 8.22. The van der Waals surface area contributed by atoms with Gasteiger partial charge in [0, 0.05) is 0 Å². The van der Waals surface area contributed by atoms with E-state index in [-0.39, 0.29) is 37.4 Å². The van der Waals surface area contributed by atoms with E-state index in [4.69, 9.17) is 18.9 Å². The summed E-state index contributed by atoms with van der Waals surface area (Å²) in [5, 5.41) is 0. The van der Waals surface area contributed by atoms with Crippen LogP contribution in [0.4, 0.5) is 0 Å². The number of esters is 2. The zero-order chi connectivity index (χ0) is 14.8. The van der Waals surface area contributed by atoms with E-state index >= 15 is 0 Å². The maximum atomic E-state index is 11.3. The average Bonchev–Trinajstić information content (AvgIpc) is 2.44. The summed E-state index contributed by atoms with van der Waals surface area (Å²) in [6.45, 7) is 4.05. The van der Waals surface area contributed by atoms with Gasteiger partial charge in [-0.1, -0.05) is 12.8 Å². The van der Waals surface area contributed by atoms with E-state index in [1.165, 1.54) is 0 Å². The highest BCUT2D eigenvalue weighted by Gasteiger charge is 2.28. The molecule has 6 heteroatoms. The maximum Gasteiger partial charge on any atom is 0.332 e. The monoisotopic (exact) mass is 288 g/mol. The Morgan fingerprint density at radius 1 is 0.850 bits per heavy atom. The van der Waals surface area contributed by atoms with Crippen molar-refractivity contribution >= 4 is 11.9 Å². The van der Waals surface area contributed by atoms with E-state index in [2.05, 4.69) is 0 Å². The highest BCUT2D eigenvalue weighted by Crippen LogP contribution is 2.23. The Hall–Kier alpha value is -1.14. The van der Waals surface area contributed by atoms with Crippen LogP contribution in [-0.4, -0.2) is 50.6 Å². The van der Waals surface area contributed by atoms with Crippen LogP contribution in [0, 0.1) is 0 Å². The van der Waals surface area contributed by atoms with E-state index < -0.39 is 0 Å². The van der Waals surface area contributed by atoms with Gasteiger partial charge in [0.05, 0.1) is 25.4 Å². The van der Waals surface area contributed by atoms with Crippen molar-refractivity contribution in [1.29, 1.82) is 0 Å². The molecule has 0 aromatic heterocycles. The molecular weight excluding hydrogens is 264 g/mol. The lowest BCUT2D eigenvalue weighted by molar-refractivity contribution is -0.163. The average molecular weight is 288 g/mol. The fourth-order valence-corrected chi connectivity index (χ4v) is 2.20. The normalized spacial score (nSPS) is 22.3. The molecule has 0 aromatic rings. The lowest BCUT2D eigenvalue weighted by atomic mass is 9.94. The smallest absolute Gasteiger partial charge is 0.332 e. The van der Waals surface area contributed by atoms with E-state index in [1.807, 2.05) is 0 Å². The van der Waals surface area contributed by atoms with Gasteiger partial charge in [0.2, 0.25) is 0 Å². The van der Waals surface area contributed by atoms with Crippen LogP contribution in [0.5, 0.6) is 0 Å². The van der Waals surface area contributed by atoms with Gasteiger partial charge < -0.3 is 18.9 Å². The van der Waals surface area contributed by atoms with Crippen molar-refractivity contribution in [2.45, 2.75) is 51.7 Å². The lowest BCUT2D eigenvalue weighted by Crippen LogP contribution is -2.37. The molecule has 1 fully saturated rings. The molecule has 0 N–H and O–H groups in total. The molecule has 0 aliphatic heterocycles. The standard InChI is InChI=1S/C14H24O6/c1-3-17-13(15)9-19-11-7-5-6-8-12(11)20-10-14(16)18-4-2/h11-12H,3-10H2,1-2H3. The third kappa shape index (κ3) is 6.34. The third-order valence-electron chi connectivity index (χ3n) is 3.08. The summed E-state index contributed by atoms with van der Waals surface area (Å²) in [6.07, 6.45) is 3.39. The molecule has 0 amide bonds. The summed E-state index contributed by atoms with van der Waals surface area (Å²) in [6, 6.07) is 0. The number of hydrogen-bond donors (Lipinski definition) is 0. The summed E-state index contributed by atoms with van der Waals surface area (Å²) in [5.41, 5.74) is 0. The Balaban J connectivity index is 2.33.